The maximum absolute atomic E-state index is 12.6. The van der Waals surface area contributed by atoms with Crippen LogP contribution < -0.4 is 0 Å². The predicted octanol–water partition coefficient (Wildman–Crippen LogP) is 4.29. The molecule has 1 saturated carbocycles. The number of nitrogens with zero attached hydrogens (tertiary/aromatic N) is 3. The summed E-state index contributed by atoms with van der Waals surface area (Å²) in [5.74, 6) is 1.15. The smallest absolute Gasteiger partial charge is 0.115 e. The van der Waals surface area contributed by atoms with Crippen molar-refractivity contribution in [2.45, 2.75) is 62.0 Å². The highest BCUT2D eigenvalue weighted by Crippen LogP contribution is 2.56. The zero-order valence-electron chi connectivity index (χ0n) is 21.1. The van der Waals surface area contributed by atoms with E-state index in [1.54, 1.807) is 0 Å². The lowest BCUT2D eigenvalue weighted by molar-refractivity contribution is -0.149. The number of pyridine rings is 1. The van der Waals surface area contributed by atoms with Gasteiger partial charge in [0.05, 0.1) is 5.60 Å². The van der Waals surface area contributed by atoms with Gasteiger partial charge in [0.15, 0.2) is 0 Å². The van der Waals surface area contributed by atoms with Crippen LogP contribution in [0.2, 0.25) is 0 Å². The van der Waals surface area contributed by atoms with Gasteiger partial charge < -0.3 is 15.1 Å². The normalized spacial score (nSPS) is 30.5. The first kappa shape index (κ1) is 22.7. The first-order chi connectivity index (χ1) is 17.5. The molecule has 3 aromatic rings. The van der Waals surface area contributed by atoms with Crippen LogP contribution in [0.5, 0.6) is 5.75 Å². The molecule has 4 aliphatic rings. The second-order valence-electron chi connectivity index (χ2n) is 11.9. The Hall–Kier alpha value is -2.47. The van der Waals surface area contributed by atoms with Gasteiger partial charge in [-0.15, -0.1) is 0 Å². The van der Waals surface area contributed by atoms with Crippen LogP contribution in [0, 0.1) is 5.92 Å². The summed E-state index contributed by atoms with van der Waals surface area (Å²) in [7, 11) is 0. The molecule has 3 fully saturated rings. The molecule has 7 rings (SSSR count). The summed E-state index contributed by atoms with van der Waals surface area (Å²) in [5, 5.41) is 25.5. The molecule has 2 aromatic carbocycles. The molecule has 2 aliphatic carbocycles. The zero-order chi connectivity index (χ0) is 24.3. The van der Waals surface area contributed by atoms with E-state index in [-0.39, 0.29) is 11.5 Å². The number of phenolic OH excluding ortho intramolecular Hbond substituents is 1. The highest BCUT2D eigenvalue weighted by molar-refractivity contribution is 5.81. The maximum atomic E-state index is 12.6. The van der Waals surface area contributed by atoms with Crippen LogP contribution in [0.25, 0.3) is 10.8 Å². The molecule has 0 spiro atoms. The van der Waals surface area contributed by atoms with Crippen molar-refractivity contribution < 1.29 is 10.2 Å². The molecule has 5 heteroatoms. The van der Waals surface area contributed by atoms with E-state index < -0.39 is 5.60 Å². The van der Waals surface area contributed by atoms with Crippen molar-refractivity contribution >= 4 is 10.8 Å². The number of aliphatic hydroxyl groups is 1. The average molecular weight is 484 g/mol. The number of piperidine rings is 1. The van der Waals surface area contributed by atoms with Crippen LogP contribution >= 0.6 is 0 Å². The SMILES string of the molecule is Oc1ccc2c(c1)C13CCN(CCc4cc5ccccc5cn4)CCC1(O)C(C2)N(CC1CC1)CC3. The fourth-order valence-electron chi connectivity index (χ4n) is 7.67. The molecule has 2 N–H and O–H groups in total. The third-order valence-corrected chi connectivity index (χ3v) is 9.89. The molecular weight excluding hydrogens is 446 g/mol. The summed E-state index contributed by atoms with van der Waals surface area (Å²) < 4.78 is 0. The summed E-state index contributed by atoms with van der Waals surface area (Å²) in [6.07, 6.45) is 9.19. The Morgan fingerprint density at radius 3 is 2.61 bits per heavy atom. The third kappa shape index (κ3) is 3.67. The standard InChI is InChI=1S/C31H37N3O2/c35-27-8-7-24-18-29-31(36)12-15-33(13-9-26-17-23-3-1-2-4-25(23)20-32-26)14-10-30(31,28(24)19-27)11-16-34(29)21-22-5-6-22/h1-4,7-8,17,19-20,22,29,35-36H,5-6,9-16,18,21H2. The van der Waals surface area contributed by atoms with Gasteiger partial charge in [-0.3, -0.25) is 9.88 Å². The molecule has 3 atom stereocenters. The number of hydrogen-bond acceptors (Lipinski definition) is 5. The van der Waals surface area contributed by atoms with Crippen LogP contribution in [-0.2, 0) is 18.3 Å². The van der Waals surface area contributed by atoms with Gasteiger partial charge in [0.25, 0.3) is 0 Å². The Bertz CT molecular complexity index is 1290. The van der Waals surface area contributed by atoms with E-state index in [9.17, 15) is 10.2 Å². The maximum Gasteiger partial charge on any atom is 0.115 e. The number of aromatic hydroxyl groups is 1. The average Bonchev–Trinajstić information content (AvgIpc) is 3.72. The largest absolute Gasteiger partial charge is 0.508 e. The molecule has 0 radical (unpaired) electrons. The van der Waals surface area contributed by atoms with Crippen molar-refractivity contribution in [2.24, 2.45) is 5.92 Å². The first-order valence-corrected chi connectivity index (χ1v) is 13.9. The number of benzene rings is 2. The summed E-state index contributed by atoms with van der Waals surface area (Å²) in [5.41, 5.74) is 2.65. The van der Waals surface area contributed by atoms with E-state index in [0.717, 1.165) is 76.4 Å². The lowest BCUT2D eigenvalue weighted by atomic mass is 9.52. The minimum atomic E-state index is -0.753. The molecule has 0 amide bonds. The van der Waals surface area contributed by atoms with Crippen LogP contribution in [-0.4, -0.2) is 69.4 Å². The van der Waals surface area contributed by atoms with E-state index in [4.69, 9.17) is 4.98 Å². The van der Waals surface area contributed by atoms with E-state index in [1.165, 1.54) is 34.7 Å². The Morgan fingerprint density at radius 2 is 1.75 bits per heavy atom. The van der Waals surface area contributed by atoms with Gasteiger partial charge in [0.1, 0.15) is 5.75 Å². The summed E-state index contributed by atoms with van der Waals surface area (Å²) in [4.78, 5) is 9.90. The number of aromatic nitrogens is 1. The Balaban J connectivity index is 1.16. The van der Waals surface area contributed by atoms with Crippen molar-refractivity contribution in [1.29, 1.82) is 0 Å². The van der Waals surface area contributed by atoms with Crippen molar-refractivity contribution in [3.8, 4) is 5.75 Å². The molecule has 2 aliphatic heterocycles. The van der Waals surface area contributed by atoms with Crippen LogP contribution in [0.15, 0.2) is 54.7 Å². The van der Waals surface area contributed by atoms with Gasteiger partial charge >= 0.3 is 0 Å². The number of fused-ring (bicyclic) bond motifs is 2. The van der Waals surface area contributed by atoms with E-state index >= 15 is 0 Å². The second-order valence-corrected chi connectivity index (χ2v) is 11.9. The molecule has 36 heavy (non-hydrogen) atoms. The number of phenols is 1. The molecule has 2 bridgehead atoms. The monoisotopic (exact) mass is 483 g/mol. The van der Waals surface area contributed by atoms with Gasteiger partial charge in [-0.05, 0) is 92.2 Å². The summed E-state index contributed by atoms with van der Waals surface area (Å²) in [6.45, 7) is 5.03. The number of rotatable bonds is 5. The molecule has 188 valence electrons. The Kier molecular flexibility index (Phi) is 5.39. The Morgan fingerprint density at radius 1 is 0.944 bits per heavy atom. The highest BCUT2D eigenvalue weighted by atomic mass is 16.3. The lowest BCUT2D eigenvalue weighted by Gasteiger charge is -2.61. The first-order valence-electron chi connectivity index (χ1n) is 13.9. The molecule has 5 nitrogen and oxygen atoms in total. The fourth-order valence-corrected chi connectivity index (χ4v) is 7.67. The highest BCUT2D eigenvalue weighted by Gasteiger charge is 2.63. The van der Waals surface area contributed by atoms with Crippen LogP contribution in [0.3, 0.4) is 0 Å². The van der Waals surface area contributed by atoms with Gasteiger partial charge in [-0.25, -0.2) is 0 Å². The van der Waals surface area contributed by atoms with Gasteiger partial charge in [-0.1, -0.05) is 30.3 Å². The third-order valence-electron chi connectivity index (χ3n) is 9.89. The van der Waals surface area contributed by atoms with Gasteiger partial charge in [-0.2, -0.15) is 0 Å². The van der Waals surface area contributed by atoms with E-state index in [1.807, 2.05) is 18.3 Å². The van der Waals surface area contributed by atoms with Crippen molar-refractivity contribution in [1.82, 2.24) is 14.8 Å². The van der Waals surface area contributed by atoms with Crippen molar-refractivity contribution in [3.63, 3.8) is 0 Å². The topological polar surface area (TPSA) is 59.8 Å². The van der Waals surface area contributed by atoms with Crippen molar-refractivity contribution in [3.05, 3.63) is 71.5 Å². The predicted molar refractivity (Wildman–Crippen MR) is 142 cm³/mol. The Labute approximate surface area is 213 Å². The molecule has 1 aromatic heterocycles. The van der Waals surface area contributed by atoms with E-state index in [2.05, 4.69) is 46.2 Å². The second kappa shape index (κ2) is 8.54. The molecular formula is C31H37N3O2. The van der Waals surface area contributed by atoms with Crippen molar-refractivity contribution in [2.75, 3.05) is 32.7 Å². The summed E-state index contributed by atoms with van der Waals surface area (Å²) in [6, 6.07) is 16.7. The summed E-state index contributed by atoms with van der Waals surface area (Å²) >= 11 is 0. The van der Waals surface area contributed by atoms with Crippen LogP contribution in [0.4, 0.5) is 0 Å². The van der Waals surface area contributed by atoms with Gasteiger partial charge in [0, 0.05) is 54.8 Å². The number of hydrogen-bond donors (Lipinski definition) is 2. The van der Waals surface area contributed by atoms with E-state index in [0.29, 0.717) is 5.75 Å². The lowest BCUT2D eigenvalue weighted by Crippen LogP contribution is -2.71. The quantitative estimate of drug-likeness (QED) is 0.567. The van der Waals surface area contributed by atoms with Gasteiger partial charge in [0.2, 0.25) is 0 Å². The zero-order valence-corrected chi connectivity index (χ0v) is 21.1. The molecule has 3 unspecified atom stereocenters. The minimum Gasteiger partial charge on any atom is -0.508 e. The fraction of sp³-hybridized carbons (Fsp3) is 0.516. The minimum absolute atomic E-state index is 0.172. The van der Waals surface area contributed by atoms with Crippen LogP contribution in [0.1, 0.15) is 48.9 Å². The molecule has 2 saturated heterocycles. The molecule has 3 heterocycles. The number of likely N-dealkylation sites (tertiary alicyclic amines) is 2.